The van der Waals surface area contributed by atoms with Gasteiger partial charge in [-0.05, 0) is 116 Å². The number of allylic oxidation sites excluding steroid dienone is 6. The van der Waals surface area contributed by atoms with Crippen molar-refractivity contribution < 1.29 is 19.2 Å². The van der Waals surface area contributed by atoms with Crippen LogP contribution in [0.1, 0.15) is 381 Å². The van der Waals surface area contributed by atoms with Crippen molar-refractivity contribution in [2.45, 2.75) is 381 Å². The fraction of sp³-hybridized carbons (Fsp3) is 0.892. The second-order valence-corrected chi connectivity index (χ2v) is 24.8. The van der Waals surface area contributed by atoms with Crippen LogP contribution in [0.5, 0.6) is 0 Å². The van der Waals surface area contributed by atoms with E-state index in [1.807, 2.05) is 0 Å². The Kier molecular flexibility index (Phi) is 66.2. The maximum atomic E-state index is 13.8. The first-order valence-corrected chi connectivity index (χ1v) is 36.3. The highest BCUT2D eigenvalue weighted by molar-refractivity contribution is 5.72. The third-order valence-electron chi connectivity index (χ3n) is 16.7. The van der Waals surface area contributed by atoms with Crippen LogP contribution < -0.4 is 0 Å². The summed E-state index contributed by atoms with van der Waals surface area (Å²) in [7, 11) is 0. The molecule has 80 heavy (non-hydrogen) atoms. The second-order valence-electron chi connectivity index (χ2n) is 24.8. The van der Waals surface area contributed by atoms with E-state index >= 15 is 0 Å². The van der Waals surface area contributed by atoms with Gasteiger partial charge in [-0.3, -0.25) is 9.69 Å². The van der Waals surface area contributed by atoms with Gasteiger partial charge in [0.05, 0.1) is 19.1 Å². The molecule has 0 amide bonds. The van der Waals surface area contributed by atoms with Gasteiger partial charge in [0, 0.05) is 13.1 Å². The van der Waals surface area contributed by atoms with Gasteiger partial charge >= 0.3 is 11.9 Å². The number of ether oxygens (including phenoxy) is 1. The van der Waals surface area contributed by atoms with Gasteiger partial charge in [-0.25, -0.2) is 4.79 Å². The molecule has 472 valence electrons. The van der Waals surface area contributed by atoms with Crippen LogP contribution in [0.4, 0.5) is 0 Å². The fourth-order valence-corrected chi connectivity index (χ4v) is 11.3. The third kappa shape index (κ3) is 60.7. The number of hydroxylamine groups is 2. The summed E-state index contributed by atoms with van der Waals surface area (Å²) in [6.07, 6.45) is 81.9. The highest BCUT2D eigenvalue weighted by Crippen LogP contribution is 2.22. The van der Waals surface area contributed by atoms with Crippen molar-refractivity contribution >= 4 is 11.9 Å². The standard InChI is InChI=1S/C74H142N2O4/c1-6-11-16-21-25-28-31-33-35-37-39-41-43-46-52-59-66-75(67-60-53-49-50-56-63-70-79-74(78)72(64-57-20-15-10-5)65-58-51-24-19-14-9-4)71-73(77)80-76(68-61-54-47-44-30-27-23-18-13-8-3)69-62-55-48-45-42-40-38-36-34-32-29-26-22-17-12-7-2/h25,28,33-36,72H,6-24,26-27,29-32,37-71H2,1-5H3/b28-25-,35-33-,36-34-. The Morgan fingerprint density at radius 2 is 0.613 bits per heavy atom. The quantitative estimate of drug-likeness (QED) is 0.0262. The summed E-state index contributed by atoms with van der Waals surface area (Å²) in [5, 5.41) is 2.06. The normalized spacial score (nSPS) is 12.4. The Balaban J connectivity index is 5.17. The predicted octanol–water partition coefficient (Wildman–Crippen LogP) is 24.0. The minimum Gasteiger partial charge on any atom is -0.465 e. The number of nitrogens with zero attached hydrogens (tertiary/aromatic N) is 2. The molecule has 0 heterocycles. The Labute approximate surface area is 501 Å². The molecule has 0 aromatic heterocycles. The Morgan fingerprint density at radius 3 is 1.01 bits per heavy atom. The molecule has 0 bridgehead atoms. The molecule has 1 unspecified atom stereocenters. The van der Waals surface area contributed by atoms with Crippen LogP contribution in [0.15, 0.2) is 36.5 Å². The van der Waals surface area contributed by atoms with E-state index in [2.05, 4.69) is 81.0 Å². The van der Waals surface area contributed by atoms with Crippen LogP contribution in [0.25, 0.3) is 0 Å². The molecular formula is C74H142N2O4. The summed E-state index contributed by atoms with van der Waals surface area (Å²) in [4.78, 5) is 35.7. The zero-order chi connectivity index (χ0) is 58.0. The predicted molar refractivity (Wildman–Crippen MR) is 354 cm³/mol. The van der Waals surface area contributed by atoms with E-state index in [4.69, 9.17) is 9.57 Å². The molecular weight excluding hydrogens is 981 g/mol. The largest absolute Gasteiger partial charge is 0.465 e. The van der Waals surface area contributed by atoms with Gasteiger partial charge in [0.25, 0.3) is 0 Å². The van der Waals surface area contributed by atoms with E-state index in [9.17, 15) is 9.59 Å². The van der Waals surface area contributed by atoms with Crippen molar-refractivity contribution in [1.82, 2.24) is 9.96 Å². The average Bonchev–Trinajstić information content (AvgIpc) is 3.46. The minimum absolute atomic E-state index is 0.0635. The molecule has 0 rings (SSSR count). The lowest BCUT2D eigenvalue weighted by molar-refractivity contribution is -0.192. The first-order chi connectivity index (χ1) is 39.5. The minimum atomic E-state index is -0.0635. The molecule has 0 fully saturated rings. The van der Waals surface area contributed by atoms with Crippen molar-refractivity contribution in [1.29, 1.82) is 0 Å². The second kappa shape index (κ2) is 67.9. The molecule has 0 spiro atoms. The number of esters is 1. The Bertz CT molecular complexity index is 1310. The lowest BCUT2D eigenvalue weighted by atomic mass is 9.94. The Morgan fingerprint density at radius 1 is 0.325 bits per heavy atom. The highest BCUT2D eigenvalue weighted by Gasteiger charge is 2.20. The number of carbonyl (C=O) groups excluding carboxylic acids is 2. The Hall–Kier alpha value is -1.92. The maximum Gasteiger partial charge on any atom is 0.339 e. The highest BCUT2D eigenvalue weighted by atomic mass is 16.7. The molecule has 0 aliphatic rings. The van der Waals surface area contributed by atoms with E-state index in [1.54, 1.807) is 0 Å². The molecule has 0 aromatic rings. The van der Waals surface area contributed by atoms with Crippen LogP contribution in [-0.4, -0.2) is 61.2 Å². The summed E-state index contributed by atoms with van der Waals surface area (Å²) < 4.78 is 5.91. The van der Waals surface area contributed by atoms with Crippen molar-refractivity contribution in [3.8, 4) is 0 Å². The van der Waals surface area contributed by atoms with Crippen molar-refractivity contribution in [3.63, 3.8) is 0 Å². The first-order valence-electron chi connectivity index (χ1n) is 36.3. The smallest absolute Gasteiger partial charge is 0.339 e. The lowest BCUT2D eigenvalue weighted by Gasteiger charge is -2.25. The summed E-state index contributed by atoms with van der Waals surface area (Å²) in [5.41, 5.74) is 0. The number of carbonyl (C=O) groups is 2. The van der Waals surface area contributed by atoms with Crippen LogP contribution in [0.2, 0.25) is 0 Å². The zero-order valence-electron chi connectivity index (χ0n) is 55.0. The monoisotopic (exact) mass is 1120 g/mol. The molecule has 0 saturated carbocycles. The van der Waals surface area contributed by atoms with Gasteiger partial charge in [0.15, 0.2) is 0 Å². The fourth-order valence-electron chi connectivity index (χ4n) is 11.3. The molecule has 6 heteroatoms. The SMILES string of the molecule is CCCCC/C=C\C/C=C\CCCCCCCCN(CCCCCCCCOC(=O)C(CCCCCC)CCCCCCCC)CC(=O)ON(CCCCCCCC/C=C\CCCCCCCC)CCCCCCCCCCCC. The zero-order valence-corrected chi connectivity index (χ0v) is 55.0. The summed E-state index contributed by atoms with van der Waals surface area (Å²) in [6.45, 7) is 16.0. The van der Waals surface area contributed by atoms with Crippen molar-refractivity contribution in [2.75, 3.05) is 39.3 Å². The first kappa shape index (κ1) is 78.1. The van der Waals surface area contributed by atoms with E-state index in [0.717, 1.165) is 96.8 Å². The molecule has 0 aromatic carbocycles. The lowest BCUT2D eigenvalue weighted by Crippen LogP contribution is -2.37. The van der Waals surface area contributed by atoms with Crippen molar-refractivity contribution in [2.24, 2.45) is 5.92 Å². The number of unbranched alkanes of at least 4 members (excludes halogenated alkanes) is 43. The van der Waals surface area contributed by atoms with Gasteiger partial charge in [-0.1, -0.05) is 315 Å². The molecule has 0 radical (unpaired) electrons. The van der Waals surface area contributed by atoms with Gasteiger partial charge in [0.1, 0.15) is 0 Å². The van der Waals surface area contributed by atoms with Gasteiger partial charge < -0.3 is 9.57 Å². The topological polar surface area (TPSA) is 59.1 Å². The van der Waals surface area contributed by atoms with Gasteiger partial charge in [-0.2, -0.15) is 0 Å². The van der Waals surface area contributed by atoms with Gasteiger partial charge in [-0.15, -0.1) is 5.06 Å². The van der Waals surface area contributed by atoms with Crippen LogP contribution in [0, 0.1) is 5.92 Å². The van der Waals surface area contributed by atoms with Crippen LogP contribution in [-0.2, 0) is 19.2 Å². The number of rotatable bonds is 67. The molecule has 0 saturated heterocycles. The van der Waals surface area contributed by atoms with Crippen LogP contribution >= 0.6 is 0 Å². The number of hydrogen-bond donors (Lipinski definition) is 0. The summed E-state index contributed by atoms with van der Waals surface area (Å²) >= 11 is 0. The molecule has 0 N–H and O–H groups in total. The average molecular weight is 1120 g/mol. The summed E-state index contributed by atoms with van der Waals surface area (Å²) in [6, 6.07) is 0. The van der Waals surface area contributed by atoms with Gasteiger partial charge in [0.2, 0.25) is 0 Å². The van der Waals surface area contributed by atoms with E-state index in [-0.39, 0.29) is 17.9 Å². The van der Waals surface area contributed by atoms with Crippen molar-refractivity contribution in [3.05, 3.63) is 36.5 Å². The summed E-state index contributed by atoms with van der Waals surface area (Å²) in [5.74, 6) is 0.0863. The third-order valence-corrected chi connectivity index (χ3v) is 16.7. The molecule has 6 nitrogen and oxygen atoms in total. The molecule has 0 aliphatic carbocycles. The maximum absolute atomic E-state index is 13.8. The van der Waals surface area contributed by atoms with Crippen LogP contribution in [0.3, 0.4) is 0 Å². The van der Waals surface area contributed by atoms with E-state index in [1.165, 1.54) is 276 Å². The molecule has 1 atom stereocenters. The number of hydrogen-bond acceptors (Lipinski definition) is 6. The molecule has 0 aliphatic heterocycles. The van der Waals surface area contributed by atoms with E-state index < -0.39 is 0 Å². The van der Waals surface area contributed by atoms with E-state index in [0.29, 0.717) is 13.2 Å².